The number of hydrogen-bond acceptors (Lipinski definition) is 5. The number of ether oxygens (including phenoxy) is 1. The van der Waals surface area contributed by atoms with Crippen molar-refractivity contribution in [2.45, 2.75) is 12.5 Å². The van der Waals surface area contributed by atoms with Gasteiger partial charge in [0, 0.05) is 85.7 Å². The number of fused-ring (bicyclic) bond motifs is 3. The molecule has 2 bridgehead atoms. The third-order valence-electron chi connectivity index (χ3n) is 4.80. The van der Waals surface area contributed by atoms with Gasteiger partial charge in [0.05, 0.1) is 0 Å². The number of hydrogen-bond donors (Lipinski definition) is 2. The zero-order chi connectivity index (χ0) is 16.5. The summed E-state index contributed by atoms with van der Waals surface area (Å²) >= 11 is 0. The first-order valence-electron chi connectivity index (χ1n) is 8.81. The Morgan fingerprint density at radius 1 is 1.21 bits per heavy atom. The second kappa shape index (κ2) is 12.2. The topological polar surface area (TPSA) is 55.4 Å². The molecule has 7 nitrogen and oxygen atoms in total. The fourth-order valence-corrected chi connectivity index (χ4v) is 3.31. The lowest BCUT2D eigenvalue weighted by atomic mass is 10.1. The Morgan fingerprint density at radius 3 is 2.54 bits per heavy atom. The van der Waals surface area contributed by atoms with E-state index in [0.29, 0.717) is 6.04 Å². The van der Waals surface area contributed by atoms with E-state index in [1.54, 1.807) is 7.11 Å². The zero-order valence-electron chi connectivity index (χ0n) is 15.5. The molecule has 0 aromatic heterocycles. The number of rotatable bonds is 9. The van der Waals surface area contributed by atoms with Gasteiger partial charge in [0.25, 0.3) is 0 Å². The van der Waals surface area contributed by atoms with Gasteiger partial charge in [-0.1, -0.05) is 0 Å². The second-order valence-corrected chi connectivity index (χ2v) is 6.52. The van der Waals surface area contributed by atoms with E-state index in [0.717, 1.165) is 45.2 Å². The SMILES string of the molecule is CN=C(NCCN(C)CCCOC)NCC1CN2CCN1CC2.I. The van der Waals surface area contributed by atoms with Crippen molar-refractivity contribution in [1.29, 1.82) is 0 Å². The lowest BCUT2D eigenvalue weighted by Crippen LogP contribution is -2.63. The van der Waals surface area contributed by atoms with Crippen LogP contribution in [0.15, 0.2) is 4.99 Å². The number of nitrogens with one attached hydrogen (secondary N) is 2. The van der Waals surface area contributed by atoms with Crippen LogP contribution in [0.2, 0.25) is 0 Å². The molecule has 142 valence electrons. The van der Waals surface area contributed by atoms with E-state index >= 15 is 0 Å². The summed E-state index contributed by atoms with van der Waals surface area (Å²) in [4.78, 5) is 11.8. The van der Waals surface area contributed by atoms with Crippen LogP contribution in [0.4, 0.5) is 0 Å². The maximum absolute atomic E-state index is 5.08. The molecule has 0 aliphatic carbocycles. The first-order valence-corrected chi connectivity index (χ1v) is 8.81. The minimum atomic E-state index is 0. The summed E-state index contributed by atoms with van der Waals surface area (Å²) in [5.74, 6) is 0.910. The maximum Gasteiger partial charge on any atom is 0.191 e. The Hall–Kier alpha value is -0.160. The molecule has 8 heteroatoms. The molecule has 3 rings (SSSR count). The highest BCUT2D eigenvalue weighted by Crippen LogP contribution is 2.14. The molecule has 1 atom stereocenters. The number of nitrogens with zero attached hydrogens (tertiary/aromatic N) is 4. The molecule has 0 spiro atoms. The fraction of sp³-hybridized carbons (Fsp3) is 0.938. The fourth-order valence-electron chi connectivity index (χ4n) is 3.31. The van der Waals surface area contributed by atoms with Gasteiger partial charge >= 0.3 is 0 Å². The number of methoxy groups -OCH3 is 1. The summed E-state index contributed by atoms with van der Waals surface area (Å²) < 4.78 is 5.08. The predicted molar refractivity (Wildman–Crippen MR) is 111 cm³/mol. The summed E-state index contributed by atoms with van der Waals surface area (Å²) in [5, 5.41) is 6.89. The predicted octanol–water partition coefficient (Wildman–Crippen LogP) is -0.262. The third-order valence-corrected chi connectivity index (χ3v) is 4.80. The van der Waals surface area contributed by atoms with Crippen LogP contribution in [0, 0.1) is 0 Å². The summed E-state index contributed by atoms with van der Waals surface area (Å²) in [6, 6.07) is 0.618. The average Bonchev–Trinajstić information content (AvgIpc) is 2.59. The molecule has 0 radical (unpaired) electrons. The highest BCUT2D eigenvalue weighted by Gasteiger charge is 2.31. The molecule has 2 N–H and O–H groups in total. The number of guanidine groups is 1. The van der Waals surface area contributed by atoms with Crippen LogP contribution in [0.5, 0.6) is 0 Å². The van der Waals surface area contributed by atoms with Crippen LogP contribution in [0.3, 0.4) is 0 Å². The van der Waals surface area contributed by atoms with Crippen molar-refractivity contribution in [1.82, 2.24) is 25.3 Å². The molecule has 3 aliphatic rings. The average molecular weight is 454 g/mol. The van der Waals surface area contributed by atoms with E-state index in [1.165, 1.54) is 32.7 Å². The van der Waals surface area contributed by atoms with Crippen LogP contribution in [-0.4, -0.2) is 113 Å². The highest BCUT2D eigenvalue weighted by molar-refractivity contribution is 14.0. The lowest BCUT2D eigenvalue weighted by molar-refractivity contribution is 0.0154. The summed E-state index contributed by atoms with van der Waals surface area (Å²) in [6.07, 6.45) is 1.08. The molecule has 1 unspecified atom stereocenters. The van der Waals surface area contributed by atoms with Crippen molar-refractivity contribution >= 4 is 29.9 Å². The van der Waals surface area contributed by atoms with Crippen LogP contribution in [0.25, 0.3) is 0 Å². The molecule has 0 aromatic rings. The van der Waals surface area contributed by atoms with Crippen molar-refractivity contribution < 1.29 is 4.74 Å². The standard InChI is InChI=1S/C16H34N6O.HI/c1-17-16(18-5-7-20(2)6-4-12-23-3)19-13-15-14-21-8-10-22(15)11-9-21;/h15H,4-14H2,1-3H3,(H2,17,18,19);1H. The summed E-state index contributed by atoms with van der Waals surface area (Å²) in [5.41, 5.74) is 0. The van der Waals surface area contributed by atoms with Crippen LogP contribution in [0.1, 0.15) is 6.42 Å². The first kappa shape index (κ1) is 21.9. The Balaban J connectivity index is 0.00000288. The van der Waals surface area contributed by atoms with Gasteiger partial charge < -0.3 is 20.3 Å². The Morgan fingerprint density at radius 2 is 1.96 bits per heavy atom. The van der Waals surface area contributed by atoms with Crippen molar-refractivity contribution in [3.05, 3.63) is 0 Å². The van der Waals surface area contributed by atoms with Crippen molar-refractivity contribution in [2.24, 2.45) is 4.99 Å². The smallest absolute Gasteiger partial charge is 0.191 e. The summed E-state index contributed by atoms with van der Waals surface area (Å²) in [7, 11) is 5.74. The largest absolute Gasteiger partial charge is 0.385 e. The molecule has 3 heterocycles. The molecule has 24 heavy (non-hydrogen) atoms. The van der Waals surface area contributed by atoms with E-state index in [-0.39, 0.29) is 24.0 Å². The molecule has 0 amide bonds. The molecule has 3 aliphatic heterocycles. The van der Waals surface area contributed by atoms with Crippen LogP contribution in [-0.2, 0) is 4.74 Å². The molecule has 3 saturated heterocycles. The van der Waals surface area contributed by atoms with Gasteiger partial charge in [-0.05, 0) is 13.5 Å². The number of aliphatic imine (C=N–C) groups is 1. The van der Waals surface area contributed by atoms with E-state index in [9.17, 15) is 0 Å². The first-order chi connectivity index (χ1) is 11.2. The maximum atomic E-state index is 5.08. The molecule has 0 saturated carbocycles. The molecular formula is C16H35IN6O. The van der Waals surface area contributed by atoms with Crippen LogP contribution >= 0.6 is 24.0 Å². The van der Waals surface area contributed by atoms with E-state index in [1.807, 2.05) is 7.05 Å². The van der Waals surface area contributed by atoms with Crippen molar-refractivity contribution in [3.8, 4) is 0 Å². The lowest BCUT2D eigenvalue weighted by Gasteiger charge is -2.47. The Bertz CT molecular complexity index is 362. The zero-order valence-corrected chi connectivity index (χ0v) is 17.8. The van der Waals surface area contributed by atoms with Gasteiger partial charge in [0.1, 0.15) is 0 Å². The van der Waals surface area contributed by atoms with E-state index < -0.39 is 0 Å². The minimum absolute atomic E-state index is 0. The van der Waals surface area contributed by atoms with Crippen molar-refractivity contribution in [3.63, 3.8) is 0 Å². The Kier molecular flexibility index (Phi) is 11.2. The second-order valence-electron chi connectivity index (χ2n) is 6.52. The highest BCUT2D eigenvalue weighted by atomic mass is 127. The number of halogens is 1. The minimum Gasteiger partial charge on any atom is -0.385 e. The van der Waals surface area contributed by atoms with Gasteiger partial charge in [0.2, 0.25) is 0 Å². The Labute approximate surface area is 164 Å². The number of piperazine rings is 3. The van der Waals surface area contributed by atoms with E-state index in [2.05, 4.69) is 37.4 Å². The molecule has 0 aromatic carbocycles. The van der Waals surface area contributed by atoms with Gasteiger partial charge in [-0.2, -0.15) is 0 Å². The normalized spacial score (nSPS) is 26.3. The van der Waals surface area contributed by atoms with Gasteiger partial charge in [-0.15, -0.1) is 24.0 Å². The third kappa shape index (κ3) is 7.38. The summed E-state index contributed by atoms with van der Waals surface area (Å²) in [6.45, 7) is 10.9. The molecule has 3 fully saturated rings. The van der Waals surface area contributed by atoms with E-state index in [4.69, 9.17) is 4.74 Å². The van der Waals surface area contributed by atoms with Gasteiger partial charge in [-0.25, -0.2) is 0 Å². The quantitative estimate of drug-likeness (QED) is 0.217. The number of likely N-dealkylation sites (N-methyl/N-ethyl adjacent to an activating group) is 1. The molecular weight excluding hydrogens is 419 g/mol. The monoisotopic (exact) mass is 454 g/mol. The van der Waals surface area contributed by atoms with Gasteiger partial charge in [0.15, 0.2) is 5.96 Å². The van der Waals surface area contributed by atoms with Crippen LogP contribution < -0.4 is 10.6 Å². The van der Waals surface area contributed by atoms with Gasteiger partial charge in [-0.3, -0.25) is 14.8 Å². The van der Waals surface area contributed by atoms with Crippen molar-refractivity contribution in [2.75, 3.05) is 86.7 Å².